The number of rotatable bonds is 2. The largest absolute Gasteiger partial charge is 0.391 e. The summed E-state index contributed by atoms with van der Waals surface area (Å²) in [5.74, 6) is 0.888. The third-order valence-electron chi connectivity index (χ3n) is 4.19. The van der Waals surface area contributed by atoms with Gasteiger partial charge in [0, 0.05) is 18.8 Å². The summed E-state index contributed by atoms with van der Waals surface area (Å²) in [5, 5.41) is 10.3. The highest BCUT2D eigenvalue weighted by atomic mass is 32.1. The highest BCUT2D eigenvalue weighted by Crippen LogP contribution is 2.38. The summed E-state index contributed by atoms with van der Waals surface area (Å²) in [5.41, 5.74) is 0. The summed E-state index contributed by atoms with van der Waals surface area (Å²) >= 11 is 1.66. The van der Waals surface area contributed by atoms with Crippen LogP contribution in [0, 0.1) is 5.92 Å². The van der Waals surface area contributed by atoms with Crippen LogP contribution in [0.2, 0.25) is 0 Å². The van der Waals surface area contributed by atoms with E-state index in [1.54, 1.807) is 11.3 Å². The Morgan fingerprint density at radius 2 is 2.12 bits per heavy atom. The predicted molar refractivity (Wildman–Crippen MR) is 70.4 cm³/mol. The molecule has 0 aromatic carbocycles. The monoisotopic (exact) mass is 252 g/mol. The van der Waals surface area contributed by atoms with Crippen LogP contribution in [0.5, 0.6) is 0 Å². The second kappa shape index (κ2) is 4.94. The molecule has 1 aliphatic carbocycles. The minimum Gasteiger partial charge on any atom is -0.391 e. The predicted octanol–water partition coefficient (Wildman–Crippen LogP) is 2.79. The first-order valence-corrected chi connectivity index (χ1v) is 7.52. The molecule has 1 saturated heterocycles. The fourth-order valence-electron chi connectivity index (χ4n) is 3.37. The fraction of sp³-hybridized carbons (Fsp3) is 0.769. The van der Waals surface area contributed by atoms with Crippen LogP contribution < -0.4 is 4.90 Å². The SMILES string of the molecule is OCc1cnc(N2CCCC3CCCCC32)s1. The zero-order valence-corrected chi connectivity index (χ0v) is 11.0. The molecule has 17 heavy (non-hydrogen) atoms. The smallest absolute Gasteiger partial charge is 0.185 e. The van der Waals surface area contributed by atoms with E-state index in [9.17, 15) is 0 Å². The van der Waals surface area contributed by atoms with Gasteiger partial charge in [-0.2, -0.15) is 0 Å². The van der Waals surface area contributed by atoms with Crippen molar-refractivity contribution in [2.45, 2.75) is 51.2 Å². The van der Waals surface area contributed by atoms with E-state index < -0.39 is 0 Å². The molecular formula is C13H20N2OS. The van der Waals surface area contributed by atoms with Gasteiger partial charge in [-0.1, -0.05) is 24.2 Å². The minimum atomic E-state index is 0.125. The number of aliphatic hydroxyl groups excluding tert-OH is 1. The van der Waals surface area contributed by atoms with E-state index in [-0.39, 0.29) is 6.61 Å². The number of aromatic nitrogens is 1. The molecule has 1 aromatic rings. The topological polar surface area (TPSA) is 36.4 Å². The zero-order valence-electron chi connectivity index (χ0n) is 10.1. The molecule has 2 aliphatic rings. The number of piperidine rings is 1. The molecule has 2 atom stereocenters. The molecule has 0 amide bonds. The molecule has 94 valence electrons. The molecule has 2 heterocycles. The molecule has 0 bridgehead atoms. The Morgan fingerprint density at radius 3 is 2.94 bits per heavy atom. The molecule has 3 rings (SSSR count). The van der Waals surface area contributed by atoms with Crippen molar-refractivity contribution in [3.63, 3.8) is 0 Å². The average molecular weight is 252 g/mol. The third kappa shape index (κ3) is 2.20. The molecule has 1 saturated carbocycles. The van der Waals surface area contributed by atoms with Crippen LogP contribution >= 0.6 is 11.3 Å². The Kier molecular flexibility index (Phi) is 3.34. The number of fused-ring (bicyclic) bond motifs is 1. The van der Waals surface area contributed by atoms with Gasteiger partial charge < -0.3 is 10.0 Å². The maximum atomic E-state index is 9.13. The molecule has 4 heteroatoms. The number of hydrogen-bond acceptors (Lipinski definition) is 4. The van der Waals surface area contributed by atoms with E-state index in [0.717, 1.165) is 28.5 Å². The maximum absolute atomic E-state index is 9.13. The maximum Gasteiger partial charge on any atom is 0.185 e. The van der Waals surface area contributed by atoms with Crippen molar-refractivity contribution in [3.05, 3.63) is 11.1 Å². The lowest BCUT2D eigenvalue weighted by Gasteiger charge is -2.44. The average Bonchev–Trinajstić information content (AvgIpc) is 2.87. The Labute approximate surface area is 106 Å². The fourth-order valence-corrected chi connectivity index (χ4v) is 4.22. The van der Waals surface area contributed by atoms with E-state index in [1.807, 2.05) is 6.20 Å². The lowest BCUT2D eigenvalue weighted by molar-refractivity contribution is 0.243. The van der Waals surface area contributed by atoms with Crippen LogP contribution in [0.25, 0.3) is 0 Å². The van der Waals surface area contributed by atoms with Crippen LogP contribution in [0.1, 0.15) is 43.4 Å². The Bertz CT molecular complexity index is 377. The zero-order chi connectivity index (χ0) is 11.7. The van der Waals surface area contributed by atoms with Crippen molar-refractivity contribution >= 4 is 16.5 Å². The number of thiazole rings is 1. The molecular weight excluding hydrogens is 232 g/mol. The van der Waals surface area contributed by atoms with Crippen LogP contribution in [0.15, 0.2) is 6.20 Å². The van der Waals surface area contributed by atoms with Gasteiger partial charge >= 0.3 is 0 Å². The van der Waals surface area contributed by atoms with Crippen molar-refractivity contribution in [2.75, 3.05) is 11.4 Å². The second-order valence-corrected chi connectivity index (χ2v) is 6.31. The summed E-state index contributed by atoms with van der Waals surface area (Å²) < 4.78 is 0. The van der Waals surface area contributed by atoms with Gasteiger partial charge in [-0.25, -0.2) is 4.98 Å². The summed E-state index contributed by atoms with van der Waals surface area (Å²) in [6.07, 6.45) is 10.0. The molecule has 3 nitrogen and oxygen atoms in total. The molecule has 2 fully saturated rings. The van der Waals surface area contributed by atoms with Crippen molar-refractivity contribution in [1.29, 1.82) is 0 Å². The van der Waals surface area contributed by atoms with Gasteiger partial charge in [-0.05, 0) is 31.6 Å². The van der Waals surface area contributed by atoms with E-state index in [1.165, 1.54) is 38.5 Å². The molecule has 0 spiro atoms. The van der Waals surface area contributed by atoms with Crippen molar-refractivity contribution in [3.8, 4) is 0 Å². The molecule has 1 aromatic heterocycles. The van der Waals surface area contributed by atoms with Crippen LogP contribution in [-0.2, 0) is 6.61 Å². The quantitative estimate of drug-likeness (QED) is 0.879. The van der Waals surface area contributed by atoms with Crippen LogP contribution in [0.3, 0.4) is 0 Å². The van der Waals surface area contributed by atoms with Gasteiger partial charge in [-0.15, -0.1) is 0 Å². The van der Waals surface area contributed by atoms with Crippen LogP contribution in [0.4, 0.5) is 5.13 Å². The lowest BCUT2D eigenvalue weighted by Crippen LogP contribution is -2.46. The van der Waals surface area contributed by atoms with Crippen molar-refractivity contribution < 1.29 is 5.11 Å². The van der Waals surface area contributed by atoms with Gasteiger partial charge in [-0.3, -0.25) is 0 Å². The van der Waals surface area contributed by atoms with Crippen LogP contribution in [-0.4, -0.2) is 22.7 Å². The van der Waals surface area contributed by atoms with Gasteiger partial charge in [0.05, 0.1) is 11.5 Å². The van der Waals surface area contributed by atoms with Gasteiger partial charge in [0.2, 0.25) is 0 Å². The van der Waals surface area contributed by atoms with E-state index in [2.05, 4.69) is 9.88 Å². The molecule has 0 radical (unpaired) electrons. The first-order valence-electron chi connectivity index (χ1n) is 6.70. The third-order valence-corrected chi connectivity index (χ3v) is 5.21. The standard InChI is InChI=1S/C13H20N2OS/c16-9-11-8-14-13(17-11)15-7-3-5-10-4-1-2-6-12(10)15/h8,10,12,16H,1-7,9H2. The van der Waals surface area contributed by atoms with Gasteiger partial charge in [0.1, 0.15) is 0 Å². The molecule has 1 N–H and O–H groups in total. The van der Waals surface area contributed by atoms with Crippen molar-refractivity contribution in [1.82, 2.24) is 4.98 Å². The minimum absolute atomic E-state index is 0.125. The highest BCUT2D eigenvalue weighted by molar-refractivity contribution is 7.15. The lowest BCUT2D eigenvalue weighted by atomic mass is 9.78. The van der Waals surface area contributed by atoms with E-state index >= 15 is 0 Å². The number of nitrogens with zero attached hydrogens (tertiary/aromatic N) is 2. The second-order valence-electron chi connectivity index (χ2n) is 5.21. The highest BCUT2D eigenvalue weighted by Gasteiger charge is 2.34. The van der Waals surface area contributed by atoms with E-state index in [0.29, 0.717) is 0 Å². The Morgan fingerprint density at radius 1 is 1.29 bits per heavy atom. The summed E-state index contributed by atoms with van der Waals surface area (Å²) in [4.78, 5) is 7.98. The summed E-state index contributed by atoms with van der Waals surface area (Å²) in [6.45, 7) is 1.28. The Balaban J connectivity index is 1.80. The summed E-state index contributed by atoms with van der Waals surface area (Å²) in [6, 6.07) is 0.718. The first-order chi connectivity index (χ1) is 8.38. The number of aliphatic hydroxyl groups is 1. The molecule has 1 aliphatic heterocycles. The summed E-state index contributed by atoms with van der Waals surface area (Å²) in [7, 11) is 0. The Hall–Kier alpha value is -0.610. The normalized spacial score (nSPS) is 29.1. The van der Waals surface area contributed by atoms with Crippen molar-refractivity contribution in [2.24, 2.45) is 5.92 Å². The number of hydrogen-bond donors (Lipinski definition) is 1. The van der Waals surface area contributed by atoms with E-state index in [4.69, 9.17) is 5.11 Å². The number of anilines is 1. The van der Waals surface area contributed by atoms with Gasteiger partial charge in [0.15, 0.2) is 5.13 Å². The van der Waals surface area contributed by atoms with Gasteiger partial charge in [0.25, 0.3) is 0 Å². The molecule has 2 unspecified atom stereocenters. The first kappa shape index (κ1) is 11.5.